The van der Waals surface area contributed by atoms with Crippen LogP contribution >= 0.6 is 0 Å². The third-order valence-electron chi connectivity index (χ3n) is 4.90. The Kier molecular flexibility index (Phi) is 4.54. The lowest BCUT2D eigenvalue weighted by Crippen LogP contribution is -2.25. The van der Waals surface area contributed by atoms with E-state index < -0.39 is 11.7 Å². The molecule has 3 heterocycles. The molecule has 1 aromatic carbocycles. The molecule has 1 atom stereocenters. The number of nitrogens with one attached hydrogen (secondary N) is 2. The van der Waals surface area contributed by atoms with Crippen LogP contribution in [0, 0.1) is 0 Å². The van der Waals surface area contributed by atoms with E-state index in [-0.39, 0.29) is 11.6 Å². The van der Waals surface area contributed by atoms with Crippen LogP contribution in [0.1, 0.15) is 12.0 Å². The molecule has 0 bridgehead atoms. The van der Waals surface area contributed by atoms with E-state index in [2.05, 4.69) is 20.8 Å². The maximum absolute atomic E-state index is 12.8. The molecule has 146 valence electrons. The van der Waals surface area contributed by atoms with Gasteiger partial charge >= 0.3 is 6.18 Å². The predicted molar refractivity (Wildman–Crippen MR) is 100 cm³/mol. The molecule has 1 aliphatic heterocycles. The minimum atomic E-state index is -4.41. The summed E-state index contributed by atoms with van der Waals surface area (Å²) in [4.78, 5) is 12.8. The molecule has 9 heteroatoms. The fraction of sp³-hybridized carbons (Fsp3) is 0.316. The monoisotopic (exact) mass is 389 g/mol. The van der Waals surface area contributed by atoms with Gasteiger partial charge in [0.25, 0.3) is 5.56 Å². The van der Waals surface area contributed by atoms with Crippen molar-refractivity contribution in [2.75, 3.05) is 18.4 Å². The average molecular weight is 389 g/mol. The molecule has 2 aromatic heterocycles. The van der Waals surface area contributed by atoms with Crippen molar-refractivity contribution in [2.45, 2.75) is 18.6 Å². The summed E-state index contributed by atoms with van der Waals surface area (Å²) < 4.78 is 39.9. The summed E-state index contributed by atoms with van der Waals surface area (Å²) in [5.41, 5.74) is -0.144. The molecule has 0 amide bonds. The van der Waals surface area contributed by atoms with Gasteiger partial charge < -0.3 is 15.2 Å². The van der Waals surface area contributed by atoms with Gasteiger partial charge in [0.15, 0.2) is 5.82 Å². The van der Waals surface area contributed by atoms with Crippen LogP contribution in [0.2, 0.25) is 0 Å². The largest absolute Gasteiger partial charge is 0.416 e. The summed E-state index contributed by atoms with van der Waals surface area (Å²) in [5, 5.41) is 15.8. The maximum Gasteiger partial charge on any atom is 0.416 e. The molecule has 0 aliphatic carbocycles. The third kappa shape index (κ3) is 3.33. The van der Waals surface area contributed by atoms with Crippen LogP contribution in [0.5, 0.6) is 0 Å². The second kappa shape index (κ2) is 6.90. The number of aryl methyl sites for hydroxylation is 1. The topological polar surface area (TPSA) is 71.8 Å². The second-order valence-electron chi connectivity index (χ2n) is 6.83. The number of rotatable bonds is 3. The Balaban J connectivity index is 1.84. The molecule has 0 saturated carbocycles. The summed E-state index contributed by atoms with van der Waals surface area (Å²) in [6.07, 6.45) is -1.90. The van der Waals surface area contributed by atoms with Gasteiger partial charge in [-0.1, -0.05) is 12.1 Å². The number of aromatic nitrogens is 3. The normalized spacial score (nSPS) is 17.2. The molecule has 28 heavy (non-hydrogen) atoms. The van der Waals surface area contributed by atoms with Crippen LogP contribution < -0.4 is 16.2 Å². The summed E-state index contributed by atoms with van der Waals surface area (Å²) in [5.74, 6) is 0.389. The van der Waals surface area contributed by atoms with Crippen LogP contribution in [0.3, 0.4) is 0 Å². The van der Waals surface area contributed by atoms with Gasteiger partial charge in [0.05, 0.1) is 10.9 Å². The van der Waals surface area contributed by atoms with Crippen molar-refractivity contribution in [3.05, 3.63) is 52.4 Å². The zero-order chi connectivity index (χ0) is 19.9. The number of alkyl halides is 3. The summed E-state index contributed by atoms with van der Waals surface area (Å²) in [7, 11) is 1.64. The first-order valence-electron chi connectivity index (χ1n) is 8.85. The van der Waals surface area contributed by atoms with Gasteiger partial charge in [0.2, 0.25) is 0 Å². The first-order chi connectivity index (χ1) is 13.3. The molecule has 0 spiro atoms. The van der Waals surface area contributed by atoms with Gasteiger partial charge in [-0.2, -0.15) is 13.2 Å². The highest BCUT2D eigenvalue weighted by Gasteiger charge is 2.30. The van der Waals surface area contributed by atoms with Crippen LogP contribution in [0.25, 0.3) is 22.0 Å². The number of nitrogens with zero attached hydrogens (tertiary/aromatic N) is 3. The van der Waals surface area contributed by atoms with E-state index in [0.29, 0.717) is 27.8 Å². The lowest BCUT2D eigenvalue weighted by atomic mass is 10.0. The molecular weight excluding hydrogens is 371 g/mol. The third-order valence-corrected chi connectivity index (χ3v) is 4.90. The number of hydrogen-bond donors (Lipinski definition) is 2. The predicted octanol–water partition coefficient (Wildman–Crippen LogP) is 2.79. The van der Waals surface area contributed by atoms with Crippen molar-refractivity contribution in [1.29, 1.82) is 0 Å². The van der Waals surface area contributed by atoms with Crippen molar-refractivity contribution in [2.24, 2.45) is 7.05 Å². The smallest absolute Gasteiger partial charge is 0.364 e. The van der Waals surface area contributed by atoms with Crippen molar-refractivity contribution < 1.29 is 13.2 Å². The SMILES string of the molecule is Cn1ccc2c(-c3ccc(C(F)(F)F)cc3)nnc(N[C@H]3CCNC3)c2c1=O. The number of hydrogen-bond acceptors (Lipinski definition) is 5. The molecule has 2 N–H and O–H groups in total. The van der Waals surface area contributed by atoms with Crippen LogP contribution in [-0.2, 0) is 13.2 Å². The molecule has 1 aliphatic rings. The maximum atomic E-state index is 12.8. The van der Waals surface area contributed by atoms with Gasteiger partial charge in [-0.05, 0) is 31.2 Å². The minimum Gasteiger partial charge on any atom is -0.364 e. The van der Waals surface area contributed by atoms with Gasteiger partial charge in [0.1, 0.15) is 5.69 Å². The Morgan fingerprint density at radius 1 is 1.18 bits per heavy atom. The van der Waals surface area contributed by atoms with Crippen molar-refractivity contribution in [1.82, 2.24) is 20.1 Å². The highest BCUT2D eigenvalue weighted by Crippen LogP contribution is 2.32. The number of pyridine rings is 1. The Labute approximate surface area is 158 Å². The van der Waals surface area contributed by atoms with E-state index in [9.17, 15) is 18.0 Å². The summed E-state index contributed by atoms with van der Waals surface area (Å²) >= 11 is 0. The van der Waals surface area contributed by atoms with E-state index in [1.165, 1.54) is 16.7 Å². The van der Waals surface area contributed by atoms with E-state index in [4.69, 9.17) is 0 Å². The molecule has 1 fully saturated rings. The van der Waals surface area contributed by atoms with Crippen LogP contribution in [0.15, 0.2) is 41.3 Å². The number of benzene rings is 1. The summed E-state index contributed by atoms with van der Waals surface area (Å²) in [6.45, 7) is 1.64. The number of halogens is 3. The van der Waals surface area contributed by atoms with E-state index in [1.54, 1.807) is 19.3 Å². The molecule has 4 rings (SSSR count). The molecule has 0 unspecified atom stereocenters. The fourth-order valence-electron chi connectivity index (χ4n) is 3.36. The lowest BCUT2D eigenvalue weighted by molar-refractivity contribution is -0.137. The van der Waals surface area contributed by atoms with Crippen molar-refractivity contribution in [3.8, 4) is 11.3 Å². The van der Waals surface area contributed by atoms with Crippen molar-refractivity contribution >= 4 is 16.6 Å². The summed E-state index contributed by atoms with van der Waals surface area (Å²) in [6, 6.07) is 6.56. The first-order valence-corrected chi connectivity index (χ1v) is 8.85. The van der Waals surface area contributed by atoms with Gasteiger partial charge in [0, 0.05) is 36.8 Å². The Hall–Kier alpha value is -2.94. The molecule has 3 aromatic rings. The minimum absolute atomic E-state index is 0.138. The van der Waals surface area contributed by atoms with Gasteiger partial charge in [-0.15, -0.1) is 10.2 Å². The molecule has 0 radical (unpaired) electrons. The molecule has 6 nitrogen and oxygen atoms in total. The Morgan fingerprint density at radius 2 is 1.93 bits per heavy atom. The highest BCUT2D eigenvalue weighted by atomic mass is 19.4. The second-order valence-corrected chi connectivity index (χ2v) is 6.83. The number of fused-ring (bicyclic) bond motifs is 1. The Morgan fingerprint density at radius 3 is 2.57 bits per heavy atom. The average Bonchev–Trinajstić information content (AvgIpc) is 3.17. The van der Waals surface area contributed by atoms with E-state index >= 15 is 0 Å². The van der Waals surface area contributed by atoms with Crippen molar-refractivity contribution in [3.63, 3.8) is 0 Å². The van der Waals surface area contributed by atoms with E-state index in [1.807, 2.05) is 0 Å². The molecular formula is C19H18F3N5O. The zero-order valence-corrected chi connectivity index (χ0v) is 15.0. The van der Waals surface area contributed by atoms with Gasteiger partial charge in [-0.3, -0.25) is 4.79 Å². The fourth-order valence-corrected chi connectivity index (χ4v) is 3.36. The quantitative estimate of drug-likeness (QED) is 0.721. The van der Waals surface area contributed by atoms with Crippen LogP contribution in [0.4, 0.5) is 19.0 Å². The first kappa shape index (κ1) is 18.4. The standard InChI is InChI=1S/C19H18F3N5O/c1-27-9-7-14-15(18(27)28)17(24-13-6-8-23-10-13)26-25-16(14)11-2-4-12(5-3-11)19(20,21)22/h2-5,7,9,13,23H,6,8,10H2,1H3,(H,24,26)/t13-/m0/s1. The Bertz CT molecular complexity index is 1070. The zero-order valence-electron chi connectivity index (χ0n) is 15.0. The van der Waals surface area contributed by atoms with Gasteiger partial charge in [-0.25, -0.2) is 0 Å². The number of anilines is 1. The highest BCUT2D eigenvalue weighted by molar-refractivity contribution is 5.99. The van der Waals surface area contributed by atoms with Crippen LogP contribution in [-0.4, -0.2) is 33.9 Å². The molecule has 1 saturated heterocycles. The lowest BCUT2D eigenvalue weighted by Gasteiger charge is -2.15. The van der Waals surface area contributed by atoms with E-state index in [0.717, 1.165) is 31.6 Å².